The van der Waals surface area contributed by atoms with Crippen molar-refractivity contribution in [1.29, 1.82) is 0 Å². The van der Waals surface area contributed by atoms with E-state index in [0.29, 0.717) is 21.5 Å². The molecule has 0 radical (unpaired) electrons. The number of benzene rings is 3. The van der Waals surface area contributed by atoms with Gasteiger partial charge in [0.25, 0.3) is 0 Å². The topological polar surface area (TPSA) is 49.4 Å². The minimum Gasteiger partial charge on any atom is -0.352 e. The molecule has 1 N–H and O–H groups in total. The zero-order valence-electron chi connectivity index (χ0n) is 19.9. The van der Waals surface area contributed by atoms with Gasteiger partial charge in [0.05, 0.1) is 16.5 Å². The molecule has 36 heavy (non-hydrogen) atoms. The SMILES string of the molecule is O=C(NC1CCCC1)C(Cc1ccccc1)N(Cc1ccccc1Cl)C(=O)Cc1ccc(Cl)c(Cl)c1. The number of carbonyl (C=O) groups is 2. The summed E-state index contributed by atoms with van der Waals surface area (Å²) in [5.74, 6) is -0.323. The third kappa shape index (κ3) is 7.03. The largest absolute Gasteiger partial charge is 0.352 e. The maximum Gasteiger partial charge on any atom is 0.243 e. The number of rotatable bonds is 9. The molecular weight excluding hydrogens is 515 g/mol. The quantitative estimate of drug-likeness (QED) is 0.319. The van der Waals surface area contributed by atoms with Gasteiger partial charge in [-0.1, -0.05) is 102 Å². The molecular formula is C29H29Cl3N2O2. The molecule has 1 atom stereocenters. The zero-order valence-corrected chi connectivity index (χ0v) is 22.2. The Morgan fingerprint density at radius 3 is 2.22 bits per heavy atom. The number of nitrogens with one attached hydrogen (secondary N) is 1. The van der Waals surface area contributed by atoms with Gasteiger partial charge in [-0.3, -0.25) is 9.59 Å². The molecule has 0 bridgehead atoms. The van der Waals surface area contributed by atoms with Gasteiger partial charge >= 0.3 is 0 Å². The Morgan fingerprint density at radius 2 is 1.53 bits per heavy atom. The number of carbonyl (C=O) groups excluding carboxylic acids is 2. The second-order valence-corrected chi connectivity index (χ2v) is 10.5. The molecule has 1 aliphatic rings. The van der Waals surface area contributed by atoms with E-state index in [1.807, 2.05) is 48.5 Å². The van der Waals surface area contributed by atoms with Crippen LogP contribution in [0.3, 0.4) is 0 Å². The van der Waals surface area contributed by atoms with E-state index in [0.717, 1.165) is 42.4 Å². The van der Waals surface area contributed by atoms with Gasteiger partial charge in [-0.2, -0.15) is 0 Å². The Bertz CT molecular complexity index is 1200. The smallest absolute Gasteiger partial charge is 0.243 e. The summed E-state index contributed by atoms with van der Waals surface area (Å²) in [5.41, 5.74) is 2.50. The van der Waals surface area contributed by atoms with Crippen LogP contribution < -0.4 is 5.32 Å². The molecule has 0 aliphatic heterocycles. The lowest BCUT2D eigenvalue weighted by atomic mass is 10.0. The average molecular weight is 544 g/mol. The summed E-state index contributed by atoms with van der Waals surface area (Å²) >= 11 is 18.8. The first-order valence-electron chi connectivity index (χ1n) is 12.2. The summed E-state index contributed by atoms with van der Waals surface area (Å²) in [6, 6.07) is 21.8. The van der Waals surface area contributed by atoms with Gasteiger partial charge < -0.3 is 10.2 Å². The Kier molecular flexibility index (Phi) is 9.30. The van der Waals surface area contributed by atoms with Crippen LogP contribution >= 0.6 is 34.8 Å². The summed E-state index contributed by atoms with van der Waals surface area (Å²) in [4.78, 5) is 29.2. The van der Waals surface area contributed by atoms with Crippen LogP contribution in [-0.4, -0.2) is 28.8 Å². The van der Waals surface area contributed by atoms with Crippen molar-refractivity contribution >= 4 is 46.6 Å². The lowest BCUT2D eigenvalue weighted by molar-refractivity contribution is -0.141. The average Bonchev–Trinajstić information content (AvgIpc) is 3.38. The molecule has 1 unspecified atom stereocenters. The molecule has 3 aromatic rings. The van der Waals surface area contributed by atoms with E-state index in [1.54, 1.807) is 29.2 Å². The monoisotopic (exact) mass is 542 g/mol. The second-order valence-electron chi connectivity index (χ2n) is 9.23. The summed E-state index contributed by atoms with van der Waals surface area (Å²) < 4.78 is 0. The van der Waals surface area contributed by atoms with E-state index in [2.05, 4.69) is 5.32 Å². The lowest BCUT2D eigenvalue weighted by Crippen LogP contribution is -2.52. The molecule has 1 saturated carbocycles. The first-order chi connectivity index (χ1) is 17.4. The van der Waals surface area contributed by atoms with Gasteiger partial charge in [0.15, 0.2) is 0 Å². The zero-order chi connectivity index (χ0) is 25.5. The van der Waals surface area contributed by atoms with Gasteiger partial charge in [0.2, 0.25) is 11.8 Å². The molecule has 0 spiro atoms. The van der Waals surface area contributed by atoms with Gasteiger partial charge in [0.1, 0.15) is 6.04 Å². The van der Waals surface area contributed by atoms with Crippen LogP contribution in [0.25, 0.3) is 0 Å². The first-order valence-corrected chi connectivity index (χ1v) is 13.3. The molecule has 4 rings (SSSR count). The summed E-state index contributed by atoms with van der Waals surface area (Å²) in [5, 5.41) is 4.58. The van der Waals surface area contributed by atoms with Crippen molar-refractivity contribution in [2.24, 2.45) is 0 Å². The number of nitrogens with zero attached hydrogens (tertiary/aromatic N) is 1. The Hall–Kier alpha value is -2.53. The maximum absolute atomic E-state index is 13.8. The molecule has 0 aromatic heterocycles. The highest BCUT2D eigenvalue weighted by molar-refractivity contribution is 6.42. The molecule has 188 valence electrons. The van der Waals surface area contributed by atoms with Gasteiger partial charge in [-0.25, -0.2) is 0 Å². The van der Waals surface area contributed by atoms with E-state index >= 15 is 0 Å². The van der Waals surface area contributed by atoms with Crippen LogP contribution in [0.15, 0.2) is 72.8 Å². The van der Waals surface area contributed by atoms with E-state index < -0.39 is 6.04 Å². The minimum atomic E-state index is -0.695. The summed E-state index contributed by atoms with van der Waals surface area (Å²) in [6.07, 6.45) is 4.62. The van der Waals surface area contributed by atoms with Gasteiger partial charge in [-0.15, -0.1) is 0 Å². The van der Waals surface area contributed by atoms with Crippen LogP contribution in [-0.2, 0) is 29.0 Å². The van der Waals surface area contributed by atoms with E-state index in [-0.39, 0.29) is 30.8 Å². The fraction of sp³-hybridized carbons (Fsp3) is 0.310. The highest BCUT2D eigenvalue weighted by atomic mass is 35.5. The van der Waals surface area contributed by atoms with E-state index in [4.69, 9.17) is 34.8 Å². The standard InChI is InChI=1S/C29H29Cl3N2O2/c30-24-13-7-4-10-22(24)19-34(28(35)18-21-14-15-25(31)26(32)16-21)27(17-20-8-2-1-3-9-20)29(36)33-23-11-5-6-12-23/h1-4,7-10,13-16,23,27H,5-6,11-12,17-19H2,(H,33,36). The lowest BCUT2D eigenvalue weighted by Gasteiger charge is -2.32. The van der Waals surface area contributed by atoms with Crippen LogP contribution in [0.4, 0.5) is 0 Å². The van der Waals surface area contributed by atoms with E-state index in [1.165, 1.54) is 0 Å². The third-order valence-electron chi connectivity index (χ3n) is 6.61. The Labute approximate surface area is 227 Å². The van der Waals surface area contributed by atoms with Gasteiger partial charge in [-0.05, 0) is 47.7 Å². The highest BCUT2D eigenvalue weighted by Crippen LogP contribution is 2.25. The molecule has 1 aliphatic carbocycles. The third-order valence-corrected chi connectivity index (χ3v) is 7.72. The molecule has 0 saturated heterocycles. The fourth-order valence-electron chi connectivity index (χ4n) is 4.66. The highest BCUT2D eigenvalue weighted by Gasteiger charge is 2.32. The molecule has 2 amide bonds. The molecule has 1 fully saturated rings. The second kappa shape index (κ2) is 12.6. The van der Waals surface area contributed by atoms with Gasteiger partial charge in [0, 0.05) is 24.0 Å². The number of halogens is 3. The van der Waals surface area contributed by atoms with Crippen LogP contribution in [0.1, 0.15) is 42.4 Å². The first kappa shape index (κ1) is 26.5. The van der Waals surface area contributed by atoms with Crippen molar-refractivity contribution in [3.63, 3.8) is 0 Å². The Morgan fingerprint density at radius 1 is 0.833 bits per heavy atom. The van der Waals surface area contributed by atoms with Crippen molar-refractivity contribution in [1.82, 2.24) is 10.2 Å². The summed E-state index contributed by atoms with van der Waals surface area (Å²) in [7, 11) is 0. The predicted molar refractivity (Wildman–Crippen MR) is 147 cm³/mol. The molecule has 0 heterocycles. The summed E-state index contributed by atoms with van der Waals surface area (Å²) in [6.45, 7) is 0.218. The fourth-order valence-corrected chi connectivity index (χ4v) is 5.17. The molecule has 7 heteroatoms. The van der Waals surface area contributed by atoms with Crippen LogP contribution in [0, 0.1) is 0 Å². The van der Waals surface area contributed by atoms with Crippen LogP contribution in [0.5, 0.6) is 0 Å². The van der Waals surface area contributed by atoms with Crippen LogP contribution in [0.2, 0.25) is 15.1 Å². The molecule has 3 aromatic carbocycles. The minimum absolute atomic E-state index is 0.0866. The number of hydrogen-bond acceptors (Lipinski definition) is 2. The number of hydrogen-bond donors (Lipinski definition) is 1. The van der Waals surface area contributed by atoms with Crippen molar-refractivity contribution < 1.29 is 9.59 Å². The van der Waals surface area contributed by atoms with Crippen molar-refractivity contribution in [3.05, 3.63) is 105 Å². The van der Waals surface area contributed by atoms with Crippen molar-refractivity contribution in [3.8, 4) is 0 Å². The van der Waals surface area contributed by atoms with Crippen molar-refractivity contribution in [2.45, 2.75) is 57.2 Å². The Balaban J connectivity index is 1.67. The van der Waals surface area contributed by atoms with E-state index in [9.17, 15) is 9.59 Å². The van der Waals surface area contributed by atoms with Crippen molar-refractivity contribution in [2.75, 3.05) is 0 Å². The number of amides is 2. The maximum atomic E-state index is 13.8. The molecule has 4 nitrogen and oxygen atoms in total. The predicted octanol–water partition coefficient (Wildman–Crippen LogP) is 6.89. The normalized spacial score (nSPS) is 14.4.